The molecule has 0 fully saturated rings. The maximum Gasteiger partial charge on any atom is 0.416 e. The van der Waals surface area contributed by atoms with Crippen LogP contribution in [0.5, 0.6) is 17.2 Å². The summed E-state index contributed by atoms with van der Waals surface area (Å²) in [7, 11) is 4.40. The predicted octanol–water partition coefficient (Wildman–Crippen LogP) is 5.42. The van der Waals surface area contributed by atoms with Crippen molar-refractivity contribution in [1.82, 2.24) is 4.98 Å². The molecular formula is C21H19F3N2O4S. The standard InChI is InChI=1S/C21H19F3N2O4S/c1-11-18(31-20(25-11)12-5-7-13(8-6-12)21(22,23)24)19(27)26-14-9-15(28-2)17(30-4)16(10-14)29-3/h5-10H,1-4H3,(H,26,27). The Morgan fingerprint density at radius 1 is 1.00 bits per heavy atom. The summed E-state index contributed by atoms with van der Waals surface area (Å²) in [4.78, 5) is 17.5. The summed E-state index contributed by atoms with van der Waals surface area (Å²) in [5.41, 5.74) is 0.631. The molecule has 1 amide bonds. The van der Waals surface area contributed by atoms with Crippen molar-refractivity contribution in [2.75, 3.05) is 26.6 Å². The molecule has 0 aliphatic carbocycles. The van der Waals surface area contributed by atoms with E-state index in [0.29, 0.717) is 44.1 Å². The van der Waals surface area contributed by atoms with E-state index in [0.717, 1.165) is 23.5 Å². The number of benzene rings is 2. The SMILES string of the molecule is COc1cc(NC(=O)c2sc(-c3ccc(C(F)(F)F)cc3)nc2C)cc(OC)c1OC. The topological polar surface area (TPSA) is 69.7 Å². The Kier molecular flexibility index (Phi) is 6.40. The number of amides is 1. The second-order valence-corrected chi connectivity index (χ2v) is 7.38. The van der Waals surface area contributed by atoms with E-state index in [1.807, 2.05) is 0 Å². The molecule has 0 saturated carbocycles. The fourth-order valence-electron chi connectivity index (χ4n) is 2.87. The first-order chi connectivity index (χ1) is 14.7. The van der Waals surface area contributed by atoms with E-state index in [1.54, 1.807) is 19.1 Å². The van der Waals surface area contributed by atoms with E-state index in [1.165, 1.54) is 33.5 Å². The second-order valence-electron chi connectivity index (χ2n) is 6.38. The lowest BCUT2D eigenvalue weighted by molar-refractivity contribution is -0.137. The van der Waals surface area contributed by atoms with Crippen molar-refractivity contribution >= 4 is 22.9 Å². The molecule has 0 bridgehead atoms. The maximum absolute atomic E-state index is 12.8. The van der Waals surface area contributed by atoms with Gasteiger partial charge in [-0.2, -0.15) is 13.2 Å². The molecule has 0 unspecified atom stereocenters. The quantitative estimate of drug-likeness (QED) is 0.541. The third-order valence-electron chi connectivity index (χ3n) is 4.38. The maximum atomic E-state index is 12.8. The lowest BCUT2D eigenvalue weighted by Gasteiger charge is -2.14. The normalized spacial score (nSPS) is 11.2. The molecule has 0 spiro atoms. The Balaban J connectivity index is 1.86. The molecule has 0 atom stereocenters. The van der Waals surface area contributed by atoms with E-state index < -0.39 is 17.6 Å². The van der Waals surface area contributed by atoms with E-state index in [9.17, 15) is 18.0 Å². The molecule has 6 nitrogen and oxygen atoms in total. The molecule has 0 radical (unpaired) electrons. The van der Waals surface area contributed by atoms with Crippen molar-refractivity contribution in [3.63, 3.8) is 0 Å². The van der Waals surface area contributed by atoms with Gasteiger partial charge >= 0.3 is 6.18 Å². The van der Waals surface area contributed by atoms with Gasteiger partial charge < -0.3 is 19.5 Å². The van der Waals surface area contributed by atoms with Gasteiger partial charge in [0.2, 0.25) is 5.75 Å². The number of nitrogens with one attached hydrogen (secondary N) is 1. The lowest BCUT2D eigenvalue weighted by Crippen LogP contribution is -2.12. The van der Waals surface area contributed by atoms with E-state index in [2.05, 4.69) is 10.3 Å². The highest BCUT2D eigenvalue weighted by atomic mass is 32.1. The van der Waals surface area contributed by atoms with Crippen LogP contribution in [-0.4, -0.2) is 32.2 Å². The third-order valence-corrected chi connectivity index (χ3v) is 5.59. The summed E-state index contributed by atoms with van der Waals surface area (Å²) in [6.07, 6.45) is -4.41. The molecule has 3 rings (SSSR count). The average Bonchev–Trinajstić information content (AvgIpc) is 3.14. The molecular weight excluding hydrogens is 433 g/mol. The minimum absolute atomic E-state index is 0.337. The minimum Gasteiger partial charge on any atom is -0.493 e. The van der Waals surface area contributed by atoms with Gasteiger partial charge in [0.25, 0.3) is 5.91 Å². The van der Waals surface area contributed by atoms with Crippen LogP contribution >= 0.6 is 11.3 Å². The molecule has 164 valence electrons. The Hall–Kier alpha value is -3.27. The van der Waals surface area contributed by atoms with Crippen molar-refractivity contribution in [1.29, 1.82) is 0 Å². The van der Waals surface area contributed by atoms with Gasteiger partial charge in [0.1, 0.15) is 9.88 Å². The molecule has 10 heteroatoms. The monoisotopic (exact) mass is 452 g/mol. The Morgan fingerprint density at radius 2 is 1.58 bits per heavy atom. The number of aromatic nitrogens is 1. The average molecular weight is 452 g/mol. The van der Waals surface area contributed by atoms with Crippen molar-refractivity contribution in [3.8, 4) is 27.8 Å². The van der Waals surface area contributed by atoms with Crippen LogP contribution in [0.2, 0.25) is 0 Å². The number of hydrogen-bond acceptors (Lipinski definition) is 6. The number of nitrogens with zero attached hydrogens (tertiary/aromatic N) is 1. The Labute approximate surface area is 180 Å². The van der Waals surface area contributed by atoms with Gasteiger partial charge in [-0.1, -0.05) is 12.1 Å². The number of ether oxygens (including phenoxy) is 3. The summed E-state index contributed by atoms with van der Waals surface area (Å²) < 4.78 is 54.1. The van der Waals surface area contributed by atoms with Crippen LogP contribution in [0.25, 0.3) is 10.6 Å². The fraction of sp³-hybridized carbons (Fsp3) is 0.238. The van der Waals surface area contributed by atoms with Crippen molar-refractivity contribution in [2.24, 2.45) is 0 Å². The zero-order valence-electron chi connectivity index (χ0n) is 17.1. The van der Waals surface area contributed by atoms with Gasteiger partial charge in [0.15, 0.2) is 11.5 Å². The zero-order valence-corrected chi connectivity index (χ0v) is 17.9. The smallest absolute Gasteiger partial charge is 0.416 e. The molecule has 2 aromatic carbocycles. The summed E-state index contributed by atoms with van der Waals surface area (Å²) >= 11 is 1.09. The number of thiazole rings is 1. The largest absolute Gasteiger partial charge is 0.493 e. The van der Waals surface area contributed by atoms with Crippen LogP contribution in [-0.2, 0) is 6.18 Å². The molecule has 0 saturated heterocycles. The van der Waals surface area contributed by atoms with Crippen molar-refractivity contribution in [2.45, 2.75) is 13.1 Å². The first kappa shape index (κ1) is 22.4. The number of alkyl halides is 3. The summed E-state index contributed by atoms with van der Waals surface area (Å²) in [5.74, 6) is 0.733. The summed E-state index contributed by atoms with van der Waals surface area (Å²) in [5, 5.41) is 3.21. The van der Waals surface area contributed by atoms with Crippen molar-refractivity contribution < 1.29 is 32.2 Å². The first-order valence-corrected chi connectivity index (χ1v) is 9.76. The first-order valence-electron chi connectivity index (χ1n) is 8.94. The van der Waals surface area contributed by atoms with Crippen LogP contribution < -0.4 is 19.5 Å². The van der Waals surface area contributed by atoms with Gasteiger partial charge in [-0.25, -0.2) is 4.98 Å². The summed E-state index contributed by atoms with van der Waals surface area (Å²) in [6, 6.07) is 7.83. The van der Waals surface area contributed by atoms with Gasteiger partial charge in [0.05, 0.1) is 32.6 Å². The van der Waals surface area contributed by atoms with Crippen LogP contribution in [0.1, 0.15) is 20.9 Å². The molecule has 3 aromatic rings. The number of halogens is 3. The van der Waals surface area contributed by atoms with Gasteiger partial charge in [-0.3, -0.25) is 4.79 Å². The molecule has 1 heterocycles. The second kappa shape index (κ2) is 8.84. The molecule has 0 aliphatic rings. The molecule has 1 aromatic heterocycles. The highest BCUT2D eigenvalue weighted by Crippen LogP contribution is 2.40. The van der Waals surface area contributed by atoms with E-state index in [4.69, 9.17) is 14.2 Å². The number of anilines is 1. The Morgan fingerprint density at radius 3 is 2.06 bits per heavy atom. The number of aryl methyl sites for hydroxylation is 1. The molecule has 0 aliphatic heterocycles. The zero-order chi connectivity index (χ0) is 22.8. The number of methoxy groups -OCH3 is 3. The minimum atomic E-state index is -4.41. The van der Waals surface area contributed by atoms with E-state index in [-0.39, 0.29) is 0 Å². The highest BCUT2D eigenvalue weighted by molar-refractivity contribution is 7.17. The number of hydrogen-bond donors (Lipinski definition) is 1. The number of carbonyl (C=O) groups excluding carboxylic acids is 1. The third kappa shape index (κ3) is 4.74. The lowest BCUT2D eigenvalue weighted by atomic mass is 10.1. The molecule has 1 N–H and O–H groups in total. The Bertz CT molecular complexity index is 1070. The predicted molar refractivity (Wildman–Crippen MR) is 111 cm³/mol. The number of rotatable bonds is 6. The van der Waals surface area contributed by atoms with Gasteiger partial charge in [-0.05, 0) is 19.1 Å². The van der Waals surface area contributed by atoms with Crippen molar-refractivity contribution in [3.05, 3.63) is 52.5 Å². The van der Waals surface area contributed by atoms with Gasteiger partial charge in [-0.15, -0.1) is 11.3 Å². The van der Waals surface area contributed by atoms with Crippen LogP contribution in [0.3, 0.4) is 0 Å². The molecule has 31 heavy (non-hydrogen) atoms. The van der Waals surface area contributed by atoms with Crippen LogP contribution in [0.15, 0.2) is 36.4 Å². The summed E-state index contributed by atoms with van der Waals surface area (Å²) in [6.45, 7) is 1.66. The van der Waals surface area contributed by atoms with Crippen LogP contribution in [0.4, 0.5) is 18.9 Å². The fourth-order valence-corrected chi connectivity index (χ4v) is 3.84. The number of carbonyl (C=O) groups is 1. The highest BCUT2D eigenvalue weighted by Gasteiger charge is 2.30. The van der Waals surface area contributed by atoms with Gasteiger partial charge in [0, 0.05) is 23.4 Å². The van der Waals surface area contributed by atoms with Crippen LogP contribution in [0, 0.1) is 6.92 Å². The van der Waals surface area contributed by atoms with E-state index >= 15 is 0 Å².